The molecule has 2 N–H and O–H groups in total. The zero-order valence-corrected chi connectivity index (χ0v) is 10.0. The van der Waals surface area contributed by atoms with Crippen molar-refractivity contribution in [1.29, 1.82) is 0 Å². The highest BCUT2D eigenvalue weighted by molar-refractivity contribution is 5.14. The predicted octanol–water partition coefficient (Wildman–Crippen LogP) is 4.06. The van der Waals surface area contributed by atoms with E-state index in [4.69, 9.17) is 5.73 Å². The first kappa shape index (κ1) is 12.6. The quantitative estimate of drug-likeness (QED) is 0.754. The first-order valence-electron chi connectivity index (χ1n) is 5.98. The van der Waals surface area contributed by atoms with E-state index in [0.29, 0.717) is 0 Å². The monoisotopic (exact) mass is 217 g/mol. The fraction of sp³-hybridized carbons (Fsp3) is 0.333. The Kier molecular flexibility index (Phi) is 6.09. The number of benzene rings is 1. The van der Waals surface area contributed by atoms with Gasteiger partial charge in [0.05, 0.1) is 0 Å². The van der Waals surface area contributed by atoms with Crippen LogP contribution in [0.3, 0.4) is 0 Å². The molecule has 0 radical (unpaired) electrons. The van der Waals surface area contributed by atoms with Crippen LogP contribution in [0.2, 0.25) is 0 Å². The van der Waals surface area contributed by atoms with Gasteiger partial charge in [-0.15, -0.1) is 0 Å². The molecule has 0 unspecified atom stereocenters. The van der Waals surface area contributed by atoms with Crippen molar-refractivity contribution in [1.82, 2.24) is 0 Å². The van der Waals surface area contributed by atoms with Gasteiger partial charge in [-0.3, -0.25) is 0 Å². The van der Waals surface area contributed by atoms with Crippen molar-refractivity contribution >= 4 is 0 Å². The SMILES string of the molecule is CCc1ccccc1.NC1=CC=CCCC1.[HH]. The number of hydrogen-bond donors (Lipinski definition) is 1. The molecule has 0 atom stereocenters. The van der Waals surface area contributed by atoms with E-state index in [1.165, 1.54) is 18.4 Å². The number of nitrogens with two attached hydrogens (primary N) is 1. The Balaban J connectivity index is 0.000000284. The zero-order valence-electron chi connectivity index (χ0n) is 10.0. The number of rotatable bonds is 1. The standard InChI is InChI=1S/C8H10.C7H11N.H2/c1-2-8-6-4-3-5-7-8;8-7-5-3-1-2-4-6-7;/h3-7H,2H2,1H3;1,3,5H,2,4,6,8H2;1H. The van der Waals surface area contributed by atoms with Crippen LogP contribution >= 0.6 is 0 Å². The summed E-state index contributed by atoms with van der Waals surface area (Å²) in [6.07, 6.45) is 10.7. The summed E-state index contributed by atoms with van der Waals surface area (Å²) >= 11 is 0. The van der Waals surface area contributed by atoms with Gasteiger partial charge >= 0.3 is 0 Å². The van der Waals surface area contributed by atoms with E-state index in [0.717, 1.165) is 18.5 Å². The van der Waals surface area contributed by atoms with Crippen LogP contribution in [0, 0.1) is 0 Å². The highest BCUT2D eigenvalue weighted by Crippen LogP contribution is 2.06. The lowest BCUT2D eigenvalue weighted by atomic mass is 10.2. The molecule has 0 amide bonds. The minimum atomic E-state index is 0. The first-order chi connectivity index (χ1) is 7.83. The Hall–Kier alpha value is -1.50. The highest BCUT2D eigenvalue weighted by atomic mass is 14.6. The van der Waals surface area contributed by atoms with E-state index < -0.39 is 0 Å². The summed E-state index contributed by atoms with van der Waals surface area (Å²) in [6.45, 7) is 2.16. The second-order valence-electron chi connectivity index (χ2n) is 3.90. The highest BCUT2D eigenvalue weighted by Gasteiger charge is 1.90. The average molecular weight is 217 g/mol. The normalized spacial score (nSPS) is 14.4. The molecule has 16 heavy (non-hydrogen) atoms. The number of aryl methyl sites for hydroxylation is 1. The van der Waals surface area contributed by atoms with E-state index >= 15 is 0 Å². The predicted molar refractivity (Wildman–Crippen MR) is 73.2 cm³/mol. The number of allylic oxidation sites excluding steroid dienone is 4. The minimum absolute atomic E-state index is 0. The van der Waals surface area contributed by atoms with Gasteiger partial charge in [0.2, 0.25) is 0 Å². The second kappa shape index (κ2) is 7.75. The van der Waals surface area contributed by atoms with Gasteiger partial charge in [0.25, 0.3) is 0 Å². The van der Waals surface area contributed by atoms with Crippen LogP contribution in [0.4, 0.5) is 0 Å². The maximum atomic E-state index is 5.54. The molecule has 1 heteroatoms. The third kappa shape index (κ3) is 5.40. The smallest absolute Gasteiger partial charge is 0.00804 e. The van der Waals surface area contributed by atoms with E-state index in [9.17, 15) is 0 Å². The molecule has 88 valence electrons. The van der Waals surface area contributed by atoms with Gasteiger partial charge in [-0.1, -0.05) is 49.4 Å². The van der Waals surface area contributed by atoms with Gasteiger partial charge in [-0.05, 0) is 37.3 Å². The van der Waals surface area contributed by atoms with Crippen LogP contribution in [0.1, 0.15) is 33.2 Å². The van der Waals surface area contributed by atoms with Crippen molar-refractivity contribution in [3.63, 3.8) is 0 Å². The molecular weight excluding hydrogens is 194 g/mol. The molecule has 0 aliphatic heterocycles. The topological polar surface area (TPSA) is 26.0 Å². The molecule has 1 aromatic rings. The van der Waals surface area contributed by atoms with Crippen LogP contribution in [-0.2, 0) is 6.42 Å². The first-order valence-corrected chi connectivity index (χ1v) is 5.98. The van der Waals surface area contributed by atoms with Crippen LogP contribution in [0.25, 0.3) is 0 Å². The molecular formula is C15H23N. The molecule has 0 aromatic heterocycles. The second-order valence-corrected chi connectivity index (χ2v) is 3.90. The average Bonchev–Trinajstić information content (AvgIpc) is 2.59. The lowest BCUT2D eigenvalue weighted by Crippen LogP contribution is -1.94. The van der Waals surface area contributed by atoms with Crippen molar-refractivity contribution in [3.05, 3.63) is 59.8 Å². The Labute approximate surface area is 100 Å². The summed E-state index contributed by atoms with van der Waals surface area (Å²) in [5.74, 6) is 0. The van der Waals surface area contributed by atoms with Crippen LogP contribution < -0.4 is 5.73 Å². The largest absolute Gasteiger partial charge is 0.402 e. The Morgan fingerprint density at radius 2 is 2.00 bits per heavy atom. The summed E-state index contributed by atoms with van der Waals surface area (Å²) in [5, 5.41) is 0. The Bertz CT molecular complexity index is 341. The minimum Gasteiger partial charge on any atom is -0.402 e. The lowest BCUT2D eigenvalue weighted by Gasteiger charge is -1.92. The van der Waals surface area contributed by atoms with Crippen molar-refractivity contribution in [2.75, 3.05) is 0 Å². The molecule has 2 rings (SSSR count). The summed E-state index contributed by atoms with van der Waals surface area (Å²) < 4.78 is 0. The summed E-state index contributed by atoms with van der Waals surface area (Å²) in [5.41, 5.74) is 7.97. The Morgan fingerprint density at radius 3 is 2.62 bits per heavy atom. The van der Waals surface area contributed by atoms with Crippen molar-refractivity contribution in [2.45, 2.75) is 32.6 Å². The number of hydrogen-bond acceptors (Lipinski definition) is 1. The Morgan fingerprint density at radius 1 is 1.25 bits per heavy atom. The van der Waals surface area contributed by atoms with Gasteiger partial charge in [0, 0.05) is 7.12 Å². The van der Waals surface area contributed by atoms with E-state index in [1.807, 2.05) is 18.2 Å². The van der Waals surface area contributed by atoms with Crippen LogP contribution in [-0.4, -0.2) is 0 Å². The van der Waals surface area contributed by atoms with Crippen LogP contribution in [0.5, 0.6) is 0 Å². The fourth-order valence-electron chi connectivity index (χ4n) is 1.51. The molecule has 0 saturated heterocycles. The molecule has 1 aliphatic rings. The fourth-order valence-corrected chi connectivity index (χ4v) is 1.51. The van der Waals surface area contributed by atoms with Crippen molar-refractivity contribution in [2.24, 2.45) is 5.73 Å². The molecule has 0 spiro atoms. The lowest BCUT2D eigenvalue weighted by molar-refractivity contribution is 0.833. The van der Waals surface area contributed by atoms with E-state index in [-0.39, 0.29) is 1.43 Å². The van der Waals surface area contributed by atoms with E-state index in [2.05, 4.69) is 37.3 Å². The van der Waals surface area contributed by atoms with Crippen molar-refractivity contribution < 1.29 is 1.43 Å². The maximum Gasteiger partial charge on any atom is 0.00804 e. The van der Waals surface area contributed by atoms with Gasteiger partial charge in [-0.25, -0.2) is 0 Å². The van der Waals surface area contributed by atoms with Gasteiger partial charge in [0.15, 0.2) is 0 Å². The summed E-state index contributed by atoms with van der Waals surface area (Å²) in [4.78, 5) is 0. The van der Waals surface area contributed by atoms with Crippen molar-refractivity contribution in [3.8, 4) is 0 Å². The third-order valence-electron chi connectivity index (χ3n) is 2.53. The van der Waals surface area contributed by atoms with Crippen LogP contribution in [0.15, 0.2) is 54.3 Å². The molecule has 1 aromatic carbocycles. The van der Waals surface area contributed by atoms with Gasteiger partial charge in [0.1, 0.15) is 0 Å². The van der Waals surface area contributed by atoms with Gasteiger partial charge < -0.3 is 5.73 Å². The maximum absolute atomic E-state index is 5.54. The molecule has 0 bridgehead atoms. The van der Waals surface area contributed by atoms with E-state index in [1.54, 1.807) is 0 Å². The molecule has 0 saturated carbocycles. The van der Waals surface area contributed by atoms with Gasteiger partial charge in [-0.2, -0.15) is 0 Å². The zero-order chi connectivity index (χ0) is 11.6. The molecule has 0 fully saturated rings. The summed E-state index contributed by atoms with van der Waals surface area (Å²) in [7, 11) is 0. The molecule has 1 nitrogen and oxygen atoms in total. The molecule has 0 heterocycles. The molecule has 1 aliphatic carbocycles. The third-order valence-corrected chi connectivity index (χ3v) is 2.53. The summed E-state index contributed by atoms with van der Waals surface area (Å²) in [6, 6.07) is 10.5.